The molecular formula is C12H16N2O4. The van der Waals surface area contributed by atoms with Crippen molar-refractivity contribution < 1.29 is 19.1 Å². The predicted molar refractivity (Wildman–Crippen MR) is 62.9 cm³/mol. The molecule has 1 aromatic heterocycles. The lowest BCUT2D eigenvalue weighted by Crippen LogP contribution is -2.50. The van der Waals surface area contributed by atoms with Crippen molar-refractivity contribution in [1.82, 2.24) is 9.80 Å². The summed E-state index contributed by atoms with van der Waals surface area (Å²) in [6.45, 7) is 1.87. The first-order valence-electron chi connectivity index (χ1n) is 5.94. The molecule has 2 amide bonds. The van der Waals surface area contributed by atoms with Gasteiger partial charge in [0.25, 0.3) is 5.91 Å². The lowest BCUT2D eigenvalue weighted by molar-refractivity contribution is -0.133. The third-order valence-corrected chi connectivity index (χ3v) is 2.98. The third kappa shape index (κ3) is 2.70. The molecule has 0 saturated carbocycles. The number of carbonyl (C=O) groups excluding carboxylic acids is 2. The van der Waals surface area contributed by atoms with Gasteiger partial charge in [-0.15, -0.1) is 0 Å². The molecule has 1 fully saturated rings. The molecule has 0 atom stereocenters. The van der Waals surface area contributed by atoms with E-state index in [4.69, 9.17) is 9.52 Å². The summed E-state index contributed by atoms with van der Waals surface area (Å²) in [6, 6.07) is 3.31. The van der Waals surface area contributed by atoms with Crippen molar-refractivity contribution >= 4 is 11.8 Å². The lowest BCUT2D eigenvalue weighted by atomic mass is 10.2. The molecule has 1 aromatic rings. The summed E-state index contributed by atoms with van der Waals surface area (Å²) >= 11 is 0. The van der Waals surface area contributed by atoms with Crippen LogP contribution in [0.15, 0.2) is 22.8 Å². The summed E-state index contributed by atoms with van der Waals surface area (Å²) in [5.41, 5.74) is 0. The fraction of sp³-hybridized carbons (Fsp3) is 0.500. The predicted octanol–water partition coefficient (Wildman–Crippen LogP) is -0.0536. The maximum Gasteiger partial charge on any atom is 0.289 e. The molecule has 1 aliphatic rings. The molecule has 0 unspecified atom stereocenters. The summed E-state index contributed by atoms with van der Waals surface area (Å²) in [5, 5.41) is 8.71. The van der Waals surface area contributed by atoms with Gasteiger partial charge in [-0.25, -0.2) is 0 Å². The molecule has 1 N–H and O–H groups in total. The molecule has 1 saturated heterocycles. The minimum Gasteiger partial charge on any atom is -0.459 e. The average Bonchev–Trinajstić information content (AvgIpc) is 2.92. The summed E-state index contributed by atoms with van der Waals surface area (Å²) < 4.78 is 5.06. The van der Waals surface area contributed by atoms with E-state index in [0.717, 1.165) is 0 Å². The summed E-state index contributed by atoms with van der Waals surface area (Å²) in [5.74, 6) is 0.113. The van der Waals surface area contributed by atoms with Crippen LogP contribution in [0, 0.1) is 0 Å². The largest absolute Gasteiger partial charge is 0.459 e. The molecule has 2 rings (SSSR count). The van der Waals surface area contributed by atoms with E-state index < -0.39 is 0 Å². The number of aliphatic hydroxyl groups excluding tert-OH is 1. The van der Waals surface area contributed by atoms with Crippen LogP contribution >= 0.6 is 0 Å². The second-order valence-corrected chi connectivity index (χ2v) is 4.12. The Labute approximate surface area is 105 Å². The van der Waals surface area contributed by atoms with Crippen molar-refractivity contribution in [3.05, 3.63) is 24.2 Å². The van der Waals surface area contributed by atoms with Gasteiger partial charge >= 0.3 is 0 Å². The Kier molecular flexibility index (Phi) is 3.99. The SMILES string of the molecule is O=C(CCO)N1CCN(C(=O)c2ccco2)CC1. The Bertz CT molecular complexity index is 408. The van der Waals surface area contributed by atoms with Gasteiger partial charge in [0.15, 0.2) is 5.76 Å². The van der Waals surface area contributed by atoms with Crippen molar-refractivity contribution in [2.24, 2.45) is 0 Å². The van der Waals surface area contributed by atoms with Crippen LogP contribution in [0.4, 0.5) is 0 Å². The van der Waals surface area contributed by atoms with Gasteiger partial charge in [0.2, 0.25) is 5.91 Å². The van der Waals surface area contributed by atoms with E-state index in [2.05, 4.69) is 0 Å². The van der Waals surface area contributed by atoms with Gasteiger partial charge < -0.3 is 19.3 Å². The number of hydrogen-bond donors (Lipinski definition) is 1. The van der Waals surface area contributed by atoms with E-state index >= 15 is 0 Å². The molecule has 6 nitrogen and oxygen atoms in total. The molecular weight excluding hydrogens is 236 g/mol. The van der Waals surface area contributed by atoms with Gasteiger partial charge in [-0.1, -0.05) is 0 Å². The van der Waals surface area contributed by atoms with Crippen molar-refractivity contribution in [2.75, 3.05) is 32.8 Å². The second-order valence-electron chi connectivity index (χ2n) is 4.12. The van der Waals surface area contributed by atoms with Crippen molar-refractivity contribution in [2.45, 2.75) is 6.42 Å². The van der Waals surface area contributed by atoms with E-state index in [0.29, 0.717) is 31.9 Å². The Morgan fingerprint density at radius 2 is 1.89 bits per heavy atom. The summed E-state index contributed by atoms with van der Waals surface area (Å²) in [6.07, 6.45) is 1.61. The van der Waals surface area contributed by atoms with Gasteiger partial charge in [-0.2, -0.15) is 0 Å². The monoisotopic (exact) mass is 252 g/mol. The van der Waals surface area contributed by atoms with Gasteiger partial charge in [0.1, 0.15) is 0 Å². The number of nitrogens with zero attached hydrogens (tertiary/aromatic N) is 2. The summed E-state index contributed by atoms with van der Waals surface area (Å²) in [7, 11) is 0. The van der Waals surface area contributed by atoms with Crippen molar-refractivity contribution in [3.8, 4) is 0 Å². The van der Waals surface area contributed by atoms with E-state index in [1.54, 1.807) is 21.9 Å². The molecule has 1 aliphatic heterocycles. The van der Waals surface area contributed by atoms with Crippen LogP contribution in [0.25, 0.3) is 0 Å². The zero-order valence-corrected chi connectivity index (χ0v) is 10.0. The highest BCUT2D eigenvalue weighted by atomic mass is 16.3. The molecule has 0 aromatic carbocycles. The highest BCUT2D eigenvalue weighted by Crippen LogP contribution is 2.09. The number of amides is 2. The molecule has 0 radical (unpaired) electrons. The molecule has 18 heavy (non-hydrogen) atoms. The first kappa shape index (κ1) is 12.6. The number of aliphatic hydroxyl groups is 1. The van der Waals surface area contributed by atoms with Crippen LogP contribution < -0.4 is 0 Å². The molecule has 98 valence electrons. The van der Waals surface area contributed by atoms with Gasteiger partial charge in [-0.3, -0.25) is 9.59 Å². The number of rotatable bonds is 3. The zero-order valence-electron chi connectivity index (χ0n) is 10.0. The van der Waals surface area contributed by atoms with Crippen LogP contribution in [0.1, 0.15) is 17.0 Å². The Hall–Kier alpha value is -1.82. The number of piperazine rings is 1. The maximum atomic E-state index is 12.0. The average molecular weight is 252 g/mol. The van der Waals surface area contributed by atoms with Crippen molar-refractivity contribution in [1.29, 1.82) is 0 Å². The number of furan rings is 1. The minimum atomic E-state index is -0.144. The smallest absolute Gasteiger partial charge is 0.289 e. The third-order valence-electron chi connectivity index (χ3n) is 2.98. The van der Waals surface area contributed by atoms with Crippen LogP contribution in [-0.4, -0.2) is 59.5 Å². The van der Waals surface area contributed by atoms with E-state index in [1.165, 1.54) is 6.26 Å². The van der Waals surface area contributed by atoms with E-state index in [-0.39, 0.29) is 24.8 Å². The Balaban J connectivity index is 1.87. The minimum absolute atomic E-state index is 0.0670. The molecule has 0 spiro atoms. The molecule has 2 heterocycles. The Morgan fingerprint density at radius 3 is 2.44 bits per heavy atom. The van der Waals surface area contributed by atoms with Gasteiger partial charge in [-0.05, 0) is 12.1 Å². The number of hydrogen-bond acceptors (Lipinski definition) is 4. The van der Waals surface area contributed by atoms with E-state index in [1.807, 2.05) is 0 Å². The van der Waals surface area contributed by atoms with Crippen LogP contribution in [0.5, 0.6) is 0 Å². The van der Waals surface area contributed by atoms with Crippen LogP contribution in [0.2, 0.25) is 0 Å². The number of carbonyl (C=O) groups is 2. The maximum absolute atomic E-state index is 12.0. The van der Waals surface area contributed by atoms with Gasteiger partial charge in [0.05, 0.1) is 12.9 Å². The second kappa shape index (κ2) is 5.68. The fourth-order valence-corrected chi connectivity index (χ4v) is 1.97. The standard InChI is InChI=1S/C12H16N2O4/c15-8-3-11(16)13-4-6-14(7-5-13)12(17)10-2-1-9-18-10/h1-2,9,15H,3-8H2. The first-order chi connectivity index (χ1) is 8.72. The molecule has 0 bridgehead atoms. The fourth-order valence-electron chi connectivity index (χ4n) is 1.97. The quantitative estimate of drug-likeness (QED) is 0.818. The normalized spacial score (nSPS) is 15.8. The first-order valence-corrected chi connectivity index (χ1v) is 5.94. The Morgan fingerprint density at radius 1 is 1.22 bits per heavy atom. The zero-order chi connectivity index (χ0) is 13.0. The molecule has 0 aliphatic carbocycles. The topological polar surface area (TPSA) is 74.0 Å². The van der Waals surface area contributed by atoms with Crippen LogP contribution in [0.3, 0.4) is 0 Å². The van der Waals surface area contributed by atoms with Gasteiger partial charge in [0, 0.05) is 32.6 Å². The van der Waals surface area contributed by atoms with Crippen LogP contribution in [-0.2, 0) is 4.79 Å². The lowest BCUT2D eigenvalue weighted by Gasteiger charge is -2.34. The molecule has 6 heteroatoms. The summed E-state index contributed by atoms with van der Waals surface area (Å²) in [4.78, 5) is 26.8. The highest BCUT2D eigenvalue weighted by Gasteiger charge is 2.25. The van der Waals surface area contributed by atoms with E-state index in [9.17, 15) is 9.59 Å². The van der Waals surface area contributed by atoms with Crippen molar-refractivity contribution in [3.63, 3.8) is 0 Å². The highest BCUT2D eigenvalue weighted by molar-refractivity contribution is 5.91.